The Bertz CT molecular complexity index is 318. The van der Waals surface area contributed by atoms with E-state index in [0.29, 0.717) is 0 Å². The van der Waals surface area contributed by atoms with Crippen LogP contribution in [-0.4, -0.2) is 0 Å². The summed E-state index contributed by atoms with van der Waals surface area (Å²) in [5, 5.41) is 0. The van der Waals surface area contributed by atoms with E-state index < -0.39 is 23.5 Å². The van der Waals surface area contributed by atoms with Crippen molar-refractivity contribution in [1.29, 1.82) is 0 Å². The minimum absolute atomic E-state index is 0. The van der Waals surface area contributed by atoms with Gasteiger partial charge in [-0.15, -0.1) is 0 Å². The second-order valence-corrected chi connectivity index (χ2v) is 5.49. The summed E-state index contributed by atoms with van der Waals surface area (Å²) in [6, 6.07) is 0. The van der Waals surface area contributed by atoms with Gasteiger partial charge in [0.1, 0.15) is 0 Å². The zero-order chi connectivity index (χ0) is 10.9. The molecular weight excluding hydrogens is 506 g/mol. The Balaban J connectivity index is -0.00000000529. The Labute approximate surface area is 393 Å². The van der Waals surface area contributed by atoms with Crippen LogP contribution < -0.4 is 350 Å². The van der Waals surface area contributed by atoms with Crippen LogP contribution in [0.2, 0.25) is 0 Å². The molecule has 0 bridgehead atoms. The molecule has 0 fully saturated rings. The van der Waals surface area contributed by atoms with Crippen LogP contribution in [0.15, 0.2) is 0 Å². The molecule has 0 aliphatic rings. The van der Waals surface area contributed by atoms with Crippen molar-refractivity contribution in [2.45, 2.75) is 0 Å². The van der Waals surface area contributed by atoms with Gasteiger partial charge in [-0.3, -0.25) is 13.2 Å². The summed E-state index contributed by atoms with van der Waals surface area (Å²) in [7, 11) is -17.9. The third kappa shape index (κ3) is 64.0. The van der Waals surface area contributed by atoms with Crippen molar-refractivity contribution in [3.63, 3.8) is 0 Å². The van der Waals surface area contributed by atoms with Crippen molar-refractivity contribution in [3.05, 3.63) is 0 Å². The average molecular weight is 512 g/mol. The van der Waals surface area contributed by atoms with Crippen LogP contribution in [0.4, 0.5) is 0 Å². The van der Waals surface area contributed by atoms with Gasteiger partial charge in [-0.1, -0.05) is 0 Å². The zero-order valence-corrected chi connectivity index (χ0v) is 41.1. The average Bonchev–Trinajstić information content (AvgIpc) is 1.43. The summed E-state index contributed by atoms with van der Waals surface area (Å²) in [4.78, 5) is 48.6. The van der Waals surface area contributed by atoms with Crippen molar-refractivity contribution in [1.82, 2.24) is 0 Å². The van der Waals surface area contributed by atoms with Crippen LogP contribution >= 0.6 is 23.5 Å². The summed E-state index contributed by atoms with van der Waals surface area (Å²) < 4.78 is 34.7. The van der Waals surface area contributed by atoms with Crippen LogP contribution in [-0.2, 0) is 22.3 Å². The molecular formula is H6Na11O10P3. The van der Waals surface area contributed by atoms with Gasteiger partial charge in [0.2, 0.25) is 0 Å². The van der Waals surface area contributed by atoms with Gasteiger partial charge in [-0.25, -0.2) is 0 Å². The first-order chi connectivity index (χ1) is 5.41. The molecule has 0 aromatic rings. The van der Waals surface area contributed by atoms with Gasteiger partial charge >= 0.3 is 325 Å². The summed E-state index contributed by atoms with van der Waals surface area (Å²) in [5.74, 6) is 0. The van der Waals surface area contributed by atoms with Crippen molar-refractivity contribution >= 4 is 23.5 Å². The van der Waals surface area contributed by atoms with Crippen LogP contribution in [0, 0.1) is 0 Å². The van der Waals surface area contributed by atoms with Gasteiger partial charge in [-0.05, 0) is 0 Å². The second-order valence-electron chi connectivity index (χ2n) is 1.50. The number of rotatable bonds is 4. The van der Waals surface area contributed by atoms with E-state index in [0.717, 1.165) is 0 Å². The first kappa shape index (κ1) is 76.5. The van der Waals surface area contributed by atoms with E-state index in [-0.39, 0.29) is 334 Å². The standard InChI is InChI=1S/11Na.H5O10P3.6H/c;;;;;;;;;;;1-11(2,3)9-13(7,8)10-12(4,5)6;;;;;;/h;;;;;;;;;;;(H,7,8)(H2,1,2,3)(H2,4,5,6);;;;;;/q11*+1;;6*-1/p-5. The Kier molecular flexibility index (Phi) is 124. The molecule has 0 amide bonds. The molecule has 0 saturated heterocycles. The third-order valence-electron chi connectivity index (χ3n) is 0.400. The first-order valence-corrected chi connectivity index (χ1v) is 6.57. The molecule has 0 aromatic carbocycles. The van der Waals surface area contributed by atoms with Crippen LogP contribution in [0.5, 0.6) is 0 Å². The van der Waals surface area contributed by atoms with E-state index in [9.17, 15) is 38.2 Å². The monoisotopic (exact) mass is 512 g/mol. The quantitative estimate of drug-likeness (QED) is 0.259. The minimum Gasteiger partial charge on any atom is -1.00 e. The molecule has 24 heavy (non-hydrogen) atoms. The van der Waals surface area contributed by atoms with E-state index >= 15 is 0 Å². The molecule has 0 heterocycles. The third-order valence-corrected chi connectivity index (χ3v) is 3.60. The molecule has 24 heteroatoms. The number of phosphoric acid groups is 3. The maximum atomic E-state index is 10.1. The molecule has 0 aliphatic heterocycles. The van der Waals surface area contributed by atoms with Crippen molar-refractivity contribution < 1.29 is 380 Å². The smallest absolute Gasteiger partial charge is 1.00 e. The van der Waals surface area contributed by atoms with Gasteiger partial charge in [0.05, 0.1) is 15.6 Å². The van der Waals surface area contributed by atoms with Gasteiger partial charge in [0.25, 0.3) is 7.82 Å². The van der Waals surface area contributed by atoms with Crippen molar-refractivity contribution in [3.8, 4) is 0 Å². The molecule has 10 nitrogen and oxygen atoms in total. The maximum absolute atomic E-state index is 10.1. The van der Waals surface area contributed by atoms with Crippen molar-refractivity contribution in [2.24, 2.45) is 0 Å². The van der Waals surface area contributed by atoms with E-state index in [1.54, 1.807) is 0 Å². The summed E-state index contributed by atoms with van der Waals surface area (Å²) in [6.07, 6.45) is 0. The molecule has 0 radical (unpaired) electrons. The first-order valence-electron chi connectivity index (χ1n) is 2.19. The molecule has 0 unspecified atom stereocenters. The van der Waals surface area contributed by atoms with E-state index in [1.165, 1.54) is 0 Å². The molecule has 0 aromatic heterocycles. The van der Waals surface area contributed by atoms with Gasteiger partial charge in [0.15, 0.2) is 0 Å². The largest absolute Gasteiger partial charge is 1.00 e. The summed E-state index contributed by atoms with van der Waals surface area (Å²) in [6.45, 7) is 0. The fourth-order valence-electron chi connectivity index (χ4n) is 0.260. The summed E-state index contributed by atoms with van der Waals surface area (Å²) in [5.41, 5.74) is 0. The van der Waals surface area contributed by atoms with Crippen LogP contribution in [0.3, 0.4) is 0 Å². The molecule has 0 atom stereocenters. The van der Waals surface area contributed by atoms with E-state index in [4.69, 9.17) is 0 Å². The number of hydrogen-bond donors (Lipinski definition) is 0. The zero-order valence-electron chi connectivity index (χ0n) is 22.4. The van der Waals surface area contributed by atoms with Gasteiger partial charge in [0, 0.05) is 0 Å². The topological polar surface area (TPSA) is 185 Å². The van der Waals surface area contributed by atoms with Gasteiger partial charge < -0.3 is 42.2 Å². The van der Waals surface area contributed by atoms with Gasteiger partial charge in [-0.2, -0.15) is 0 Å². The molecule has 0 saturated carbocycles. The van der Waals surface area contributed by atoms with E-state index in [1.807, 2.05) is 0 Å². The predicted molar refractivity (Wildman–Crippen MR) is 31.7 cm³/mol. The Morgan fingerprint density at radius 2 is 0.583 bits per heavy atom. The fraction of sp³-hybridized carbons (Fsp3) is 0. The Morgan fingerprint density at radius 3 is 0.667 bits per heavy atom. The normalized spacial score (nSPS) is 7.88. The molecule has 0 spiro atoms. The molecule has 0 aliphatic carbocycles. The Hall–Kier alpha value is 11.4. The van der Waals surface area contributed by atoms with Crippen LogP contribution in [0.1, 0.15) is 8.56 Å². The predicted octanol–water partition coefficient (Wildman–Crippen LogP) is -36.1. The summed E-state index contributed by atoms with van der Waals surface area (Å²) >= 11 is 0. The molecule has 0 N–H and O–H groups in total. The molecule has 0 rings (SSSR count). The van der Waals surface area contributed by atoms with E-state index in [2.05, 4.69) is 8.62 Å². The SMILES string of the molecule is O=P([O-])([O-])OP(=O)([O-])OP(=O)([O-])[O-].[H-].[H-].[H-].[H-].[H-].[H-].[Na+].[Na+].[Na+].[Na+].[Na+].[Na+].[Na+].[Na+].[Na+].[Na+].[Na+]. The number of hydrogen-bond acceptors (Lipinski definition) is 10. The molecule has 92 valence electrons. The van der Waals surface area contributed by atoms with Crippen LogP contribution in [0.25, 0.3) is 0 Å². The second kappa shape index (κ2) is 38.9. The maximum Gasteiger partial charge on any atom is 1.00 e. The minimum atomic E-state index is -5.97. The fourth-order valence-corrected chi connectivity index (χ4v) is 2.61. The Morgan fingerprint density at radius 1 is 0.458 bits per heavy atom. The van der Waals surface area contributed by atoms with Crippen molar-refractivity contribution in [2.75, 3.05) is 0 Å².